The van der Waals surface area contributed by atoms with Crippen molar-refractivity contribution in [1.29, 1.82) is 0 Å². The highest BCUT2D eigenvalue weighted by atomic mass is 16.5. The first-order chi connectivity index (χ1) is 10.8. The van der Waals surface area contributed by atoms with Crippen LogP contribution in [0.15, 0.2) is 24.3 Å². The van der Waals surface area contributed by atoms with Gasteiger partial charge in [-0.3, -0.25) is 0 Å². The van der Waals surface area contributed by atoms with Gasteiger partial charge in [-0.15, -0.1) is 0 Å². The lowest BCUT2D eigenvalue weighted by Gasteiger charge is -2.17. The van der Waals surface area contributed by atoms with Gasteiger partial charge in [-0.05, 0) is 50.7 Å². The molecule has 0 saturated heterocycles. The number of amides is 2. The molecule has 5 nitrogen and oxygen atoms in total. The van der Waals surface area contributed by atoms with E-state index < -0.39 is 0 Å². The van der Waals surface area contributed by atoms with Gasteiger partial charge in [-0.2, -0.15) is 0 Å². The quantitative estimate of drug-likeness (QED) is 0.722. The second-order valence-electron chi connectivity index (χ2n) is 5.60. The summed E-state index contributed by atoms with van der Waals surface area (Å²) >= 11 is 0. The van der Waals surface area contributed by atoms with Gasteiger partial charge in [0, 0.05) is 20.3 Å². The van der Waals surface area contributed by atoms with Crippen molar-refractivity contribution >= 4 is 11.7 Å². The zero-order valence-corrected chi connectivity index (χ0v) is 13.3. The van der Waals surface area contributed by atoms with Gasteiger partial charge in [0.05, 0.1) is 11.8 Å². The van der Waals surface area contributed by atoms with E-state index in [1.807, 2.05) is 24.3 Å². The maximum atomic E-state index is 11.9. The number of para-hydroxylation sites is 2. The van der Waals surface area contributed by atoms with Crippen LogP contribution in [0, 0.1) is 0 Å². The molecule has 1 aliphatic carbocycles. The van der Waals surface area contributed by atoms with Crippen molar-refractivity contribution in [3.8, 4) is 5.75 Å². The number of carbonyl (C=O) groups is 1. The third-order valence-corrected chi connectivity index (χ3v) is 3.79. The van der Waals surface area contributed by atoms with Crippen molar-refractivity contribution < 1.29 is 14.3 Å². The first kappa shape index (κ1) is 16.6. The van der Waals surface area contributed by atoms with Crippen LogP contribution in [0.4, 0.5) is 10.5 Å². The molecule has 2 amide bonds. The fraction of sp³-hybridized carbons (Fsp3) is 0.588. The fourth-order valence-electron chi connectivity index (χ4n) is 2.60. The van der Waals surface area contributed by atoms with Gasteiger partial charge in [0.1, 0.15) is 5.75 Å². The molecular weight excluding hydrogens is 280 g/mol. The minimum atomic E-state index is -0.195. The van der Waals surface area contributed by atoms with E-state index in [4.69, 9.17) is 9.47 Å². The molecule has 2 rings (SSSR count). The number of anilines is 1. The topological polar surface area (TPSA) is 59.6 Å². The Hall–Kier alpha value is -1.75. The summed E-state index contributed by atoms with van der Waals surface area (Å²) in [6.07, 6.45) is 6.77. The molecule has 2 N–H and O–H groups in total. The Balaban J connectivity index is 1.79. The molecule has 0 aliphatic heterocycles. The second-order valence-corrected chi connectivity index (χ2v) is 5.60. The van der Waals surface area contributed by atoms with Crippen LogP contribution in [0.2, 0.25) is 0 Å². The second kappa shape index (κ2) is 9.30. The van der Waals surface area contributed by atoms with Crippen molar-refractivity contribution in [2.75, 3.05) is 25.6 Å². The molecule has 1 aliphatic rings. The van der Waals surface area contributed by atoms with Gasteiger partial charge in [-0.25, -0.2) is 4.79 Å². The van der Waals surface area contributed by atoms with E-state index in [1.54, 1.807) is 7.11 Å². The molecule has 22 heavy (non-hydrogen) atoms. The Bertz CT molecular complexity index is 459. The van der Waals surface area contributed by atoms with Crippen LogP contribution in [-0.4, -0.2) is 32.4 Å². The molecule has 5 heteroatoms. The largest absolute Gasteiger partial charge is 0.488 e. The minimum Gasteiger partial charge on any atom is -0.488 e. The average molecular weight is 306 g/mol. The van der Waals surface area contributed by atoms with Crippen molar-refractivity contribution in [1.82, 2.24) is 5.32 Å². The van der Waals surface area contributed by atoms with Crippen LogP contribution in [0.3, 0.4) is 0 Å². The summed E-state index contributed by atoms with van der Waals surface area (Å²) in [5.41, 5.74) is 0.726. The third-order valence-electron chi connectivity index (χ3n) is 3.79. The SMILES string of the molecule is COCCCCNC(=O)Nc1ccccc1OC1CCCC1. The maximum absolute atomic E-state index is 11.9. The summed E-state index contributed by atoms with van der Waals surface area (Å²) in [7, 11) is 1.68. The summed E-state index contributed by atoms with van der Waals surface area (Å²) in [5, 5.41) is 5.72. The number of rotatable bonds is 8. The van der Waals surface area contributed by atoms with E-state index in [0.29, 0.717) is 6.54 Å². The number of benzene rings is 1. The van der Waals surface area contributed by atoms with Gasteiger partial charge in [0.25, 0.3) is 0 Å². The maximum Gasteiger partial charge on any atom is 0.319 e. The Morgan fingerprint density at radius 3 is 2.77 bits per heavy atom. The Morgan fingerprint density at radius 2 is 2.00 bits per heavy atom. The number of nitrogens with one attached hydrogen (secondary N) is 2. The Kier molecular flexibility index (Phi) is 7.03. The summed E-state index contributed by atoms with van der Waals surface area (Å²) in [5.74, 6) is 0.754. The lowest BCUT2D eigenvalue weighted by atomic mass is 10.2. The first-order valence-electron chi connectivity index (χ1n) is 8.09. The van der Waals surface area contributed by atoms with Crippen molar-refractivity contribution in [2.45, 2.75) is 44.6 Å². The van der Waals surface area contributed by atoms with Crippen LogP contribution in [0.1, 0.15) is 38.5 Å². The van der Waals surface area contributed by atoms with Gasteiger partial charge in [0.15, 0.2) is 0 Å². The van der Waals surface area contributed by atoms with Crippen LogP contribution < -0.4 is 15.4 Å². The van der Waals surface area contributed by atoms with Crippen molar-refractivity contribution in [2.24, 2.45) is 0 Å². The zero-order chi connectivity index (χ0) is 15.6. The summed E-state index contributed by atoms with van der Waals surface area (Å²) in [6.45, 7) is 1.36. The molecule has 122 valence electrons. The zero-order valence-electron chi connectivity index (χ0n) is 13.3. The molecule has 0 heterocycles. The van der Waals surface area contributed by atoms with E-state index >= 15 is 0 Å². The molecule has 1 fully saturated rings. The van der Waals surface area contributed by atoms with Gasteiger partial charge in [0.2, 0.25) is 0 Å². The lowest BCUT2D eigenvalue weighted by Crippen LogP contribution is -2.30. The molecule has 0 spiro atoms. The van der Waals surface area contributed by atoms with Crippen LogP contribution in [0.25, 0.3) is 0 Å². The van der Waals surface area contributed by atoms with Crippen LogP contribution in [-0.2, 0) is 4.74 Å². The van der Waals surface area contributed by atoms with Crippen molar-refractivity contribution in [3.63, 3.8) is 0 Å². The molecule has 1 aromatic rings. The number of carbonyl (C=O) groups excluding carboxylic acids is 1. The summed E-state index contributed by atoms with van der Waals surface area (Å²) < 4.78 is 11.0. The normalized spacial score (nSPS) is 14.8. The molecular formula is C17H26N2O3. The molecule has 1 saturated carbocycles. The van der Waals surface area contributed by atoms with E-state index in [2.05, 4.69) is 10.6 Å². The highest BCUT2D eigenvalue weighted by Crippen LogP contribution is 2.29. The first-order valence-corrected chi connectivity index (χ1v) is 8.09. The minimum absolute atomic E-state index is 0.195. The molecule has 0 radical (unpaired) electrons. The smallest absolute Gasteiger partial charge is 0.319 e. The Labute approximate surface area is 132 Å². The Morgan fingerprint density at radius 1 is 1.23 bits per heavy atom. The number of hydrogen-bond donors (Lipinski definition) is 2. The van der Waals surface area contributed by atoms with Crippen LogP contribution in [0.5, 0.6) is 5.75 Å². The average Bonchev–Trinajstić information content (AvgIpc) is 3.02. The lowest BCUT2D eigenvalue weighted by molar-refractivity contribution is 0.192. The number of hydrogen-bond acceptors (Lipinski definition) is 3. The number of unbranched alkanes of at least 4 members (excludes halogenated alkanes) is 1. The predicted octanol–water partition coefficient (Wildman–Crippen LogP) is 3.56. The number of urea groups is 1. The predicted molar refractivity (Wildman–Crippen MR) is 87.5 cm³/mol. The van der Waals surface area contributed by atoms with E-state index in [1.165, 1.54) is 12.8 Å². The fourth-order valence-corrected chi connectivity index (χ4v) is 2.60. The standard InChI is InChI=1S/C17H26N2O3/c1-21-13-7-6-12-18-17(20)19-15-10-4-5-11-16(15)22-14-8-2-3-9-14/h4-5,10-11,14H,2-3,6-9,12-13H2,1H3,(H2,18,19,20). The highest BCUT2D eigenvalue weighted by molar-refractivity contribution is 5.90. The highest BCUT2D eigenvalue weighted by Gasteiger charge is 2.18. The molecule has 0 aromatic heterocycles. The molecule has 0 atom stereocenters. The van der Waals surface area contributed by atoms with Crippen LogP contribution >= 0.6 is 0 Å². The summed E-state index contributed by atoms with van der Waals surface area (Å²) in [4.78, 5) is 11.9. The van der Waals surface area contributed by atoms with Gasteiger partial charge < -0.3 is 20.1 Å². The van der Waals surface area contributed by atoms with Gasteiger partial charge >= 0.3 is 6.03 Å². The van der Waals surface area contributed by atoms with E-state index in [9.17, 15) is 4.79 Å². The van der Waals surface area contributed by atoms with E-state index in [0.717, 1.165) is 43.7 Å². The molecule has 1 aromatic carbocycles. The number of methoxy groups -OCH3 is 1. The molecule has 0 unspecified atom stereocenters. The molecule has 0 bridgehead atoms. The monoisotopic (exact) mass is 306 g/mol. The van der Waals surface area contributed by atoms with Crippen molar-refractivity contribution in [3.05, 3.63) is 24.3 Å². The third kappa shape index (κ3) is 5.56. The van der Waals surface area contributed by atoms with E-state index in [-0.39, 0.29) is 12.1 Å². The van der Waals surface area contributed by atoms with Gasteiger partial charge in [-0.1, -0.05) is 12.1 Å². The summed E-state index contributed by atoms with van der Waals surface area (Å²) in [6, 6.07) is 7.41. The number of ether oxygens (including phenoxy) is 2.